The third kappa shape index (κ3) is 3.25. The van der Waals surface area contributed by atoms with Gasteiger partial charge in [0.2, 0.25) is 0 Å². The van der Waals surface area contributed by atoms with Crippen LogP contribution >= 0.6 is 0 Å². The Bertz CT molecular complexity index is 450. The van der Waals surface area contributed by atoms with Crippen molar-refractivity contribution in [2.45, 2.75) is 19.9 Å². The summed E-state index contributed by atoms with van der Waals surface area (Å²) in [5.41, 5.74) is 1.26. The Balaban J connectivity index is 1.47. The zero-order valence-electron chi connectivity index (χ0n) is 12.2. The zero-order valence-corrected chi connectivity index (χ0v) is 12.2. The number of hydrogen-bond acceptors (Lipinski definition) is 4. The highest BCUT2D eigenvalue weighted by Gasteiger charge is 2.20. The topological polar surface area (TPSA) is 33.7 Å². The van der Waals surface area contributed by atoms with Gasteiger partial charge in [0.25, 0.3) is 0 Å². The van der Waals surface area contributed by atoms with E-state index >= 15 is 0 Å². The molecule has 110 valence electrons. The summed E-state index contributed by atoms with van der Waals surface area (Å²) in [4.78, 5) is 2.52. The van der Waals surface area contributed by atoms with Crippen LogP contribution in [0.5, 0.6) is 11.5 Å². The Kier molecular flexibility index (Phi) is 4.43. The van der Waals surface area contributed by atoms with E-state index in [4.69, 9.17) is 9.47 Å². The van der Waals surface area contributed by atoms with Crippen LogP contribution in [0.4, 0.5) is 0 Å². The molecule has 0 aliphatic carbocycles. The first kappa shape index (κ1) is 13.7. The van der Waals surface area contributed by atoms with Crippen LogP contribution < -0.4 is 14.8 Å². The maximum atomic E-state index is 5.61. The van der Waals surface area contributed by atoms with E-state index in [2.05, 4.69) is 29.3 Å². The number of rotatable bonds is 5. The van der Waals surface area contributed by atoms with E-state index in [-0.39, 0.29) is 0 Å². The maximum absolute atomic E-state index is 5.61. The third-order valence-corrected chi connectivity index (χ3v) is 4.19. The Hall–Kier alpha value is -1.26. The predicted octanol–water partition coefficient (Wildman–Crippen LogP) is 1.89. The van der Waals surface area contributed by atoms with Crippen LogP contribution in [0.2, 0.25) is 0 Å². The van der Waals surface area contributed by atoms with Crippen LogP contribution in [0.25, 0.3) is 0 Å². The van der Waals surface area contributed by atoms with Gasteiger partial charge in [-0.05, 0) is 49.7 Å². The van der Waals surface area contributed by atoms with Crippen LogP contribution in [0.3, 0.4) is 0 Å². The van der Waals surface area contributed by atoms with Crippen LogP contribution in [0, 0.1) is 5.92 Å². The fourth-order valence-electron chi connectivity index (χ4n) is 2.99. The van der Waals surface area contributed by atoms with Crippen LogP contribution in [-0.4, -0.2) is 44.3 Å². The molecule has 0 amide bonds. The summed E-state index contributed by atoms with van der Waals surface area (Å²) < 4.78 is 11.2. The quantitative estimate of drug-likeness (QED) is 0.890. The number of nitrogens with zero attached hydrogens (tertiary/aromatic N) is 1. The maximum Gasteiger partial charge on any atom is 0.161 e. The minimum Gasteiger partial charge on any atom is -0.486 e. The van der Waals surface area contributed by atoms with Crippen molar-refractivity contribution >= 4 is 0 Å². The highest BCUT2D eigenvalue weighted by Crippen LogP contribution is 2.30. The Morgan fingerprint density at radius 1 is 1.25 bits per heavy atom. The van der Waals surface area contributed by atoms with Gasteiger partial charge in [0.1, 0.15) is 13.2 Å². The zero-order chi connectivity index (χ0) is 13.8. The standard InChI is InChI=1S/C16H24N2O2/c1-2-18-6-5-14(12-18)11-17-10-13-3-4-15-16(9-13)20-8-7-19-15/h3-4,9,14,17H,2,5-8,10-12H2,1H3/t14-/m0/s1. The first-order valence-electron chi connectivity index (χ1n) is 7.66. The van der Waals surface area contributed by atoms with E-state index in [1.807, 2.05) is 6.07 Å². The van der Waals surface area contributed by atoms with Gasteiger partial charge in [-0.3, -0.25) is 0 Å². The Morgan fingerprint density at radius 2 is 2.10 bits per heavy atom. The molecule has 3 rings (SSSR count). The first-order valence-corrected chi connectivity index (χ1v) is 7.66. The summed E-state index contributed by atoms with van der Waals surface area (Å²) in [7, 11) is 0. The Morgan fingerprint density at radius 3 is 2.90 bits per heavy atom. The molecule has 0 bridgehead atoms. The third-order valence-electron chi connectivity index (χ3n) is 4.19. The molecule has 2 heterocycles. The van der Waals surface area contributed by atoms with Crippen molar-refractivity contribution in [1.82, 2.24) is 10.2 Å². The monoisotopic (exact) mass is 276 g/mol. The van der Waals surface area contributed by atoms with E-state index in [1.54, 1.807) is 0 Å². The van der Waals surface area contributed by atoms with Gasteiger partial charge in [0.15, 0.2) is 11.5 Å². The van der Waals surface area contributed by atoms with Gasteiger partial charge >= 0.3 is 0 Å². The lowest BCUT2D eigenvalue weighted by Crippen LogP contribution is -2.26. The van der Waals surface area contributed by atoms with E-state index in [0.717, 1.165) is 30.5 Å². The number of hydrogen-bond donors (Lipinski definition) is 1. The highest BCUT2D eigenvalue weighted by molar-refractivity contribution is 5.43. The molecule has 1 aromatic carbocycles. The molecular formula is C16H24N2O2. The van der Waals surface area contributed by atoms with Crippen molar-refractivity contribution in [3.63, 3.8) is 0 Å². The largest absolute Gasteiger partial charge is 0.486 e. The summed E-state index contributed by atoms with van der Waals surface area (Å²) in [5, 5.41) is 3.57. The fraction of sp³-hybridized carbons (Fsp3) is 0.625. The van der Waals surface area contributed by atoms with Gasteiger partial charge in [-0.1, -0.05) is 13.0 Å². The van der Waals surface area contributed by atoms with Crippen molar-refractivity contribution in [1.29, 1.82) is 0 Å². The molecule has 4 nitrogen and oxygen atoms in total. The minimum absolute atomic E-state index is 0.652. The number of ether oxygens (including phenoxy) is 2. The number of likely N-dealkylation sites (tertiary alicyclic amines) is 1. The van der Waals surface area contributed by atoms with Gasteiger partial charge in [-0.2, -0.15) is 0 Å². The molecule has 2 aliphatic rings. The lowest BCUT2D eigenvalue weighted by atomic mass is 10.1. The van der Waals surface area contributed by atoms with E-state index in [1.165, 1.54) is 31.6 Å². The van der Waals surface area contributed by atoms with Crippen molar-refractivity contribution in [2.75, 3.05) is 39.4 Å². The number of nitrogens with one attached hydrogen (secondary N) is 1. The molecule has 20 heavy (non-hydrogen) atoms. The number of benzene rings is 1. The summed E-state index contributed by atoms with van der Waals surface area (Å²) in [6.07, 6.45) is 1.32. The van der Waals surface area contributed by atoms with Crippen LogP contribution in [-0.2, 0) is 6.54 Å². The van der Waals surface area contributed by atoms with Crippen molar-refractivity contribution in [3.05, 3.63) is 23.8 Å². The molecule has 0 radical (unpaired) electrons. The molecule has 0 unspecified atom stereocenters. The number of fused-ring (bicyclic) bond motifs is 1. The first-order chi connectivity index (χ1) is 9.85. The smallest absolute Gasteiger partial charge is 0.161 e. The molecule has 1 N–H and O–H groups in total. The molecule has 0 saturated carbocycles. The van der Waals surface area contributed by atoms with Crippen molar-refractivity contribution in [3.8, 4) is 11.5 Å². The summed E-state index contributed by atoms with van der Waals surface area (Å²) >= 11 is 0. The molecule has 0 spiro atoms. The molecule has 1 fully saturated rings. The van der Waals surface area contributed by atoms with Crippen LogP contribution in [0.15, 0.2) is 18.2 Å². The van der Waals surface area contributed by atoms with Gasteiger partial charge in [-0.15, -0.1) is 0 Å². The SMILES string of the molecule is CCN1CC[C@@H](CNCc2ccc3c(c2)OCCO3)C1. The second kappa shape index (κ2) is 6.46. The molecular weight excluding hydrogens is 252 g/mol. The molecule has 0 aromatic heterocycles. The van der Waals surface area contributed by atoms with E-state index < -0.39 is 0 Å². The van der Waals surface area contributed by atoms with Crippen molar-refractivity contribution < 1.29 is 9.47 Å². The average molecular weight is 276 g/mol. The highest BCUT2D eigenvalue weighted by atomic mass is 16.6. The lowest BCUT2D eigenvalue weighted by molar-refractivity contribution is 0.171. The molecule has 2 aliphatic heterocycles. The van der Waals surface area contributed by atoms with Gasteiger partial charge < -0.3 is 19.7 Å². The summed E-state index contributed by atoms with van der Waals surface area (Å²) in [6.45, 7) is 9.23. The summed E-state index contributed by atoms with van der Waals surface area (Å²) in [5.74, 6) is 2.55. The van der Waals surface area contributed by atoms with Gasteiger partial charge in [0, 0.05) is 13.1 Å². The van der Waals surface area contributed by atoms with Crippen LogP contribution in [0.1, 0.15) is 18.9 Å². The second-order valence-electron chi connectivity index (χ2n) is 5.66. The van der Waals surface area contributed by atoms with Gasteiger partial charge in [-0.25, -0.2) is 0 Å². The molecule has 1 atom stereocenters. The van der Waals surface area contributed by atoms with E-state index in [0.29, 0.717) is 13.2 Å². The average Bonchev–Trinajstić information content (AvgIpc) is 2.95. The fourth-order valence-corrected chi connectivity index (χ4v) is 2.99. The minimum atomic E-state index is 0.652. The van der Waals surface area contributed by atoms with E-state index in [9.17, 15) is 0 Å². The molecule has 1 saturated heterocycles. The molecule has 1 aromatic rings. The summed E-state index contributed by atoms with van der Waals surface area (Å²) in [6, 6.07) is 6.22. The normalized spacial score (nSPS) is 22.1. The lowest BCUT2D eigenvalue weighted by Gasteiger charge is -2.19. The predicted molar refractivity (Wildman–Crippen MR) is 79.4 cm³/mol. The Labute approximate surface area is 121 Å². The van der Waals surface area contributed by atoms with Crippen molar-refractivity contribution in [2.24, 2.45) is 5.92 Å². The second-order valence-corrected chi connectivity index (χ2v) is 5.66. The van der Waals surface area contributed by atoms with Gasteiger partial charge in [0.05, 0.1) is 0 Å². The molecule has 4 heteroatoms.